The van der Waals surface area contributed by atoms with Crippen molar-refractivity contribution in [2.24, 2.45) is 23.2 Å². The van der Waals surface area contributed by atoms with Gasteiger partial charge in [-0.3, -0.25) is 4.79 Å². The molecule has 4 saturated carbocycles. The molecule has 0 N–H and O–H groups in total. The molecule has 0 radical (unpaired) electrons. The van der Waals surface area contributed by atoms with E-state index in [1.54, 1.807) is 0 Å². The topological polar surface area (TPSA) is 29.5 Å². The lowest BCUT2D eigenvalue weighted by atomic mass is 9.49. The van der Waals surface area contributed by atoms with Crippen LogP contribution in [0.4, 0.5) is 17.1 Å². The highest BCUT2D eigenvalue weighted by molar-refractivity contribution is 5.82. The molecule has 3 heteroatoms. The molecular formula is C31H33NO2. The van der Waals surface area contributed by atoms with Gasteiger partial charge in [-0.25, -0.2) is 0 Å². The van der Waals surface area contributed by atoms with Crippen molar-refractivity contribution in [1.82, 2.24) is 0 Å². The number of hydrogen-bond acceptors (Lipinski definition) is 3. The van der Waals surface area contributed by atoms with Gasteiger partial charge >= 0.3 is 5.97 Å². The van der Waals surface area contributed by atoms with Crippen LogP contribution in [-0.4, -0.2) is 5.97 Å². The fraction of sp³-hybridized carbons (Fsp3) is 0.387. The van der Waals surface area contributed by atoms with Crippen LogP contribution in [0.5, 0.6) is 5.75 Å². The van der Waals surface area contributed by atoms with Gasteiger partial charge in [0.1, 0.15) is 5.75 Å². The summed E-state index contributed by atoms with van der Waals surface area (Å²) in [6.07, 6.45) is 7.08. The van der Waals surface area contributed by atoms with Crippen molar-refractivity contribution in [3.8, 4) is 5.75 Å². The smallest absolute Gasteiger partial charge is 0.317 e. The van der Waals surface area contributed by atoms with Crippen molar-refractivity contribution in [2.75, 3.05) is 4.90 Å². The number of ether oxygens (including phenoxy) is 1. The number of anilines is 3. The second-order valence-electron chi connectivity index (χ2n) is 11.0. The number of nitrogens with zero attached hydrogens (tertiary/aromatic N) is 1. The Hall–Kier alpha value is -3.07. The number of para-hydroxylation sites is 2. The zero-order valence-electron chi connectivity index (χ0n) is 20.2. The van der Waals surface area contributed by atoms with E-state index in [0.29, 0.717) is 0 Å². The summed E-state index contributed by atoms with van der Waals surface area (Å²) >= 11 is 0. The van der Waals surface area contributed by atoms with E-state index >= 15 is 0 Å². The lowest BCUT2D eigenvalue weighted by Gasteiger charge is -2.55. The summed E-state index contributed by atoms with van der Waals surface area (Å²) in [7, 11) is 0. The Labute approximate surface area is 202 Å². The molecule has 7 rings (SSSR count). The van der Waals surface area contributed by atoms with Gasteiger partial charge in [0.2, 0.25) is 0 Å². The largest absolute Gasteiger partial charge is 0.426 e. The van der Waals surface area contributed by atoms with Crippen LogP contribution in [0, 0.1) is 37.0 Å². The zero-order valence-corrected chi connectivity index (χ0v) is 20.2. The highest BCUT2D eigenvalue weighted by Gasteiger charge is 2.55. The van der Waals surface area contributed by atoms with Crippen molar-refractivity contribution in [1.29, 1.82) is 0 Å². The molecule has 0 atom stereocenters. The summed E-state index contributed by atoms with van der Waals surface area (Å²) in [6, 6.07) is 25.1. The van der Waals surface area contributed by atoms with E-state index in [4.69, 9.17) is 4.74 Å². The van der Waals surface area contributed by atoms with Crippen LogP contribution in [0.3, 0.4) is 0 Å². The van der Waals surface area contributed by atoms with Gasteiger partial charge in [0.25, 0.3) is 0 Å². The Balaban J connectivity index is 1.32. The maximum Gasteiger partial charge on any atom is 0.317 e. The summed E-state index contributed by atoms with van der Waals surface area (Å²) in [5.41, 5.74) is 5.04. The molecule has 4 fully saturated rings. The summed E-state index contributed by atoms with van der Waals surface area (Å²) in [4.78, 5) is 15.9. The molecule has 0 amide bonds. The second kappa shape index (κ2) is 8.30. The Bertz CT molecular complexity index is 1100. The van der Waals surface area contributed by atoms with E-state index in [9.17, 15) is 4.79 Å². The van der Waals surface area contributed by atoms with Crippen molar-refractivity contribution in [2.45, 2.75) is 52.4 Å². The molecule has 0 aliphatic heterocycles. The number of benzene rings is 3. The fourth-order valence-corrected chi connectivity index (χ4v) is 7.38. The minimum Gasteiger partial charge on any atom is -0.426 e. The first-order valence-electron chi connectivity index (χ1n) is 12.7. The molecule has 4 bridgehead atoms. The average Bonchev–Trinajstić information content (AvgIpc) is 2.82. The first kappa shape index (κ1) is 21.5. The molecular weight excluding hydrogens is 418 g/mol. The monoisotopic (exact) mass is 451 g/mol. The predicted molar refractivity (Wildman–Crippen MR) is 137 cm³/mol. The minimum atomic E-state index is -0.244. The van der Waals surface area contributed by atoms with Crippen molar-refractivity contribution in [3.05, 3.63) is 83.9 Å². The highest BCUT2D eigenvalue weighted by Crippen LogP contribution is 2.60. The minimum absolute atomic E-state index is 0.0218. The normalized spacial score (nSPS) is 26.9. The van der Waals surface area contributed by atoms with Gasteiger partial charge < -0.3 is 9.64 Å². The van der Waals surface area contributed by atoms with E-state index in [1.807, 2.05) is 12.1 Å². The lowest BCUT2D eigenvalue weighted by molar-refractivity contribution is -0.161. The van der Waals surface area contributed by atoms with Crippen molar-refractivity contribution >= 4 is 23.0 Å². The summed E-state index contributed by atoms with van der Waals surface area (Å²) < 4.78 is 6.25. The zero-order chi connectivity index (χ0) is 23.3. The maximum absolute atomic E-state index is 13.6. The molecule has 34 heavy (non-hydrogen) atoms. The Morgan fingerprint density at radius 1 is 0.735 bits per heavy atom. The van der Waals surface area contributed by atoms with Gasteiger partial charge in [-0.15, -0.1) is 0 Å². The van der Waals surface area contributed by atoms with E-state index in [0.717, 1.165) is 71.0 Å². The molecule has 3 nitrogen and oxygen atoms in total. The van der Waals surface area contributed by atoms with Crippen LogP contribution in [0.2, 0.25) is 0 Å². The number of carbonyl (C=O) groups excluding carboxylic acids is 1. The maximum atomic E-state index is 13.6. The first-order chi connectivity index (χ1) is 16.5. The number of esters is 1. The van der Waals surface area contributed by atoms with Crippen LogP contribution in [-0.2, 0) is 4.79 Å². The third kappa shape index (κ3) is 3.72. The third-order valence-electron chi connectivity index (χ3n) is 8.40. The molecule has 174 valence electrons. The van der Waals surface area contributed by atoms with Gasteiger partial charge in [-0.05, 0) is 118 Å². The predicted octanol–water partition coefficient (Wildman–Crippen LogP) is 7.90. The third-order valence-corrected chi connectivity index (χ3v) is 8.40. The molecule has 3 aromatic carbocycles. The number of carbonyl (C=O) groups is 1. The van der Waals surface area contributed by atoms with Crippen molar-refractivity contribution in [3.63, 3.8) is 0 Å². The molecule has 0 heterocycles. The number of aryl methyl sites for hydroxylation is 2. The SMILES string of the molecule is Cc1cc(N(c2ccccc2)c2ccccc2)cc(C)c1OC(=O)C12CC3CC(CC(C3)C1)C2. The van der Waals surface area contributed by atoms with E-state index in [1.165, 1.54) is 19.3 Å². The van der Waals surface area contributed by atoms with Crippen LogP contribution in [0.15, 0.2) is 72.8 Å². The molecule has 0 spiro atoms. The summed E-state index contributed by atoms with van der Waals surface area (Å²) in [6.45, 7) is 4.12. The van der Waals surface area contributed by atoms with Gasteiger partial charge in [-0.1, -0.05) is 36.4 Å². The molecule has 0 unspecified atom stereocenters. The van der Waals surface area contributed by atoms with E-state index in [-0.39, 0.29) is 11.4 Å². The van der Waals surface area contributed by atoms with Gasteiger partial charge in [0.15, 0.2) is 0 Å². The van der Waals surface area contributed by atoms with Crippen LogP contribution < -0.4 is 9.64 Å². The highest BCUT2D eigenvalue weighted by atomic mass is 16.5. The number of rotatable bonds is 5. The summed E-state index contributed by atoms with van der Waals surface area (Å²) in [5.74, 6) is 2.95. The molecule has 3 aromatic rings. The lowest BCUT2D eigenvalue weighted by Crippen LogP contribution is -2.51. The van der Waals surface area contributed by atoms with Crippen LogP contribution in [0.25, 0.3) is 0 Å². The molecule has 4 aliphatic rings. The first-order valence-corrected chi connectivity index (χ1v) is 12.7. The Morgan fingerprint density at radius 2 is 1.18 bits per heavy atom. The number of hydrogen-bond donors (Lipinski definition) is 0. The average molecular weight is 452 g/mol. The van der Waals surface area contributed by atoms with Gasteiger partial charge in [0.05, 0.1) is 5.41 Å². The molecule has 0 saturated heterocycles. The standard InChI is InChI=1S/C31H33NO2/c1-21-13-28(32(26-9-5-3-6-10-26)27-11-7-4-8-12-27)14-22(2)29(21)34-30(33)31-18-23-15-24(19-31)17-25(16-23)20-31/h3-14,23-25H,15-20H2,1-2H3. The van der Waals surface area contributed by atoms with Gasteiger partial charge in [0, 0.05) is 17.1 Å². The fourth-order valence-electron chi connectivity index (χ4n) is 7.38. The van der Waals surface area contributed by atoms with Crippen LogP contribution >= 0.6 is 0 Å². The van der Waals surface area contributed by atoms with Crippen molar-refractivity contribution < 1.29 is 9.53 Å². The molecule has 4 aliphatic carbocycles. The Morgan fingerprint density at radius 3 is 1.62 bits per heavy atom. The van der Waals surface area contributed by atoms with E-state index < -0.39 is 0 Å². The van der Waals surface area contributed by atoms with Gasteiger partial charge in [-0.2, -0.15) is 0 Å². The summed E-state index contributed by atoms with van der Waals surface area (Å²) in [5, 5.41) is 0. The van der Waals surface area contributed by atoms with E-state index in [2.05, 4.69) is 79.4 Å². The quantitative estimate of drug-likeness (QED) is 0.292. The second-order valence-corrected chi connectivity index (χ2v) is 11.0. The Kier molecular flexibility index (Phi) is 5.24. The van der Waals surface area contributed by atoms with Crippen LogP contribution in [0.1, 0.15) is 49.7 Å². The molecule has 0 aromatic heterocycles.